The lowest BCUT2D eigenvalue weighted by atomic mass is 9.47. The van der Waals surface area contributed by atoms with Gasteiger partial charge in [0.25, 0.3) is 5.91 Å². The van der Waals surface area contributed by atoms with Crippen LogP contribution in [-0.2, 0) is 14.3 Å². The average molecular weight is 496 g/mol. The molecule has 3 N–H and O–H groups in total. The molecule has 4 bridgehead atoms. The van der Waals surface area contributed by atoms with Gasteiger partial charge >= 0.3 is 6.36 Å². The van der Waals surface area contributed by atoms with Crippen molar-refractivity contribution in [1.82, 2.24) is 10.2 Å². The molecule has 6 rings (SSSR count). The van der Waals surface area contributed by atoms with Gasteiger partial charge in [0.05, 0.1) is 6.61 Å². The minimum absolute atomic E-state index is 0.0455. The minimum atomic E-state index is -4.73. The normalized spacial score (nSPS) is 35.5. The smallest absolute Gasteiger partial charge is 0.406 e. The number of hydrogen-bond acceptors (Lipinski definition) is 5. The highest BCUT2D eigenvalue weighted by Gasteiger charge is 2.58. The first-order valence-corrected chi connectivity index (χ1v) is 12.3. The van der Waals surface area contributed by atoms with Crippen LogP contribution >= 0.6 is 0 Å². The number of carbonyl (C=O) groups excluding carboxylic acids is 2. The molecule has 2 amide bonds. The van der Waals surface area contributed by atoms with Crippen molar-refractivity contribution < 1.29 is 32.2 Å². The molecule has 5 aliphatic rings. The Morgan fingerprint density at radius 3 is 2.43 bits per heavy atom. The average Bonchev–Trinajstić information content (AvgIpc) is 2.80. The lowest BCUT2D eigenvalue weighted by Gasteiger charge is -2.59. The topological polar surface area (TPSA) is 93.9 Å². The van der Waals surface area contributed by atoms with Gasteiger partial charge in [0, 0.05) is 30.6 Å². The van der Waals surface area contributed by atoms with Gasteiger partial charge in [-0.05, 0) is 74.5 Å². The van der Waals surface area contributed by atoms with E-state index in [2.05, 4.69) is 15.0 Å². The number of nitrogens with two attached hydrogens (primary N) is 1. The van der Waals surface area contributed by atoms with Gasteiger partial charge in [-0.25, -0.2) is 0 Å². The molecule has 192 valence electrons. The summed E-state index contributed by atoms with van der Waals surface area (Å²) in [5.41, 5.74) is 6.21. The number of morpholine rings is 1. The van der Waals surface area contributed by atoms with E-state index in [0.29, 0.717) is 25.6 Å². The standard InChI is InChI=1S/C25H32F3N3O4/c1-14(16-2-4-19(5-3-16)35-25(26,27)28)31-6-7-34-20(13-31)22(32)30-21-17-8-15-9-18(21)12-24(10-15,11-17)23(29)33/h2-5,14-15,17-18,20-21H,6-13H2,1H3,(H2,29,33)(H,30,32)/t14-,15?,17?,18?,20?,21?,24?/m1/s1. The zero-order valence-electron chi connectivity index (χ0n) is 19.7. The van der Waals surface area contributed by atoms with Gasteiger partial charge in [0.15, 0.2) is 0 Å². The number of carbonyl (C=O) groups is 2. The van der Waals surface area contributed by atoms with Crippen LogP contribution < -0.4 is 15.8 Å². The third-order valence-electron chi connectivity index (χ3n) is 8.64. The summed E-state index contributed by atoms with van der Waals surface area (Å²) in [5.74, 6) is 0.466. The van der Waals surface area contributed by atoms with Crippen molar-refractivity contribution in [1.29, 1.82) is 0 Å². The van der Waals surface area contributed by atoms with Crippen LogP contribution in [0, 0.1) is 23.2 Å². The number of nitrogens with zero attached hydrogens (tertiary/aromatic N) is 1. The number of amides is 2. The summed E-state index contributed by atoms with van der Waals surface area (Å²) in [6.07, 6.45) is -0.904. The highest BCUT2D eigenvalue weighted by atomic mass is 19.4. The number of alkyl halides is 3. The van der Waals surface area contributed by atoms with Crippen LogP contribution in [0.4, 0.5) is 13.2 Å². The molecule has 0 spiro atoms. The molecule has 4 atom stereocenters. The summed E-state index contributed by atoms with van der Waals surface area (Å²) < 4.78 is 47.0. The van der Waals surface area contributed by atoms with E-state index in [0.717, 1.165) is 37.7 Å². The van der Waals surface area contributed by atoms with Gasteiger partial charge in [0.2, 0.25) is 5.91 Å². The molecule has 4 saturated carbocycles. The molecule has 7 nitrogen and oxygen atoms in total. The Bertz CT molecular complexity index is 954. The summed E-state index contributed by atoms with van der Waals surface area (Å²) in [6.45, 7) is 3.36. The van der Waals surface area contributed by atoms with E-state index in [9.17, 15) is 22.8 Å². The van der Waals surface area contributed by atoms with Gasteiger partial charge in [0.1, 0.15) is 11.9 Å². The number of primary amides is 1. The van der Waals surface area contributed by atoms with E-state index >= 15 is 0 Å². The largest absolute Gasteiger partial charge is 0.573 e. The molecule has 35 heavy (non-hydrogen) atoms. The summed E-state index contributed by atoms with van der Waals surface area (Å²) in [6, 6.07) is 5.76. The van der Waals surface area contributed by atoms with Gasteiger partial charge in [-0.2, -0.15) is 0 Å². The van der Waals surface area contributed by atoms with E-state index < -0.39 is 17.9 Å². The Kier molecular flexibility index (Phi) is 6.24. The highest BCUT2D eigenvalue weighted by molar-refractivity contribution is 5.83. The first kappa shape index (κ1) is 24.4. The molecule has 1 saturated heterocycles. The number of benzene rings is 1. The van der Waals surface area contributed by atoms with Crippen LogP contribution in [0.5, 0.6) is 5.75 Å². The highest BCUT2D eigenvalue weighted by Crippen LogP contribution is 2.59. The van der Waals surface area contributed by atoms with Crippen molar-refractivity contribution >= 4 is 11.8 Å². The molecule has 4 aliphatic carbocycles. The zero-order valence-corrected chi connectivity index (χ0v) is 19.7. The number of nitrogens with one attached hydrogen (secondary N) is 1. The SMILES string of the molecule is C[C@H](c1ccc(OC(F)(F)F)cc1)N1CCOC(C(=O)NC2C3CC4CC2CC(C(N)=O)(C4)C3)C1. The Labute approximate surface area is 202 Å². The summed E-state index contributed by atoms with van der Waals surface area (Å²) in [5, 5.41) is 3.25. The quantitative estimate of drug-likeness (QED) is 0.633. The van der Waals surface area contributed by atoms with Crippen LogP contribution in [0.2, 0.25) is 0 Å². The number of hydrogen-bond donors (Lipinski definition) is 2. The van der Waals surface area contributed by atoms with Crippen LogP contribution in [0.25, 0.3) is 0 Å². The molecule has 1 aliphatic heterocycles. The predicted molar refractivity (Wildman–Crippen MR) is 120 cm³/mol. The molecular formula is C25H32F3N3O4. The van der Waals surface area contributed by atoms with E-state index in [1.807, 2.05) is 6.92 Å². The molecule has 1 heterocycles. The summed E-state index contributed by atoms with van der Waals surface area (Å²) in [4.78, 5) is 27.5. The molecule has 10 heteroatoms. The lowest BCUT2D eigenvalue weighted by molar-refractivity contribution is -0.274. The first-order valence-electron chi connectivity index (χ1n) is 12.3. The monoisotopic (exact) mass is 495 g/mol. The van der Waals surface area contributed by atoms with Crippen molar-refractivity contribution in [3.05, 3.63) is 29.8 Å². The zero-order chi connectivity index (χ0) is 25.0. The second-order valence-electron chi connectivity index (χ2n) is 10.8. The van der Waals surface area contributed by atoms with Crippen LogP contribution in [0.15, 0.2) is 24.3 Å². The van der Waals surface area contributed by atoms with E-state index in [1.165, 1.54) is 12.1 Å². The van der Waals surface area contributed by atoms with Crippen LogP contribution in [-0.4, -0.2) is 54.9 Å². The molecule has 5 fully saturated rings. The third-order valence-corrected chi connectivity index (χ3v) is 8.64. The lowest BCUT2D eigenvalue weighted by Crippen LogP contribution is -2.63. The predicted octanol–water partition coefficient (Wildman–Crippen LogP) is 3.14. The molecule has 1 aromatic carbocycles. The number of ether oxygens (including phenoxy) is 2. The van der Waals surface area contributed by atoms with Crippen molar-refractivity contribution in [3.63, 3.8) is 0 Å². The van der Waals surface area contributed by atoms with Gasteiger partial charge in [-0.1, -0.05) is 12.1 Å². The second kappa shape index (κ2) is 8.96. The maximum absolute atomic E-state index is 13.2. The molecule has 3 unspecified atom stereocenters. The summed E-state index contributed by atoms with van der Waals surface area (Å²) >= 11 is 0. The second-order valence-corrected chi connectivity index (χ2v) is 10.8. The van der Waals surface area contributed by atoms with Crippen molar-refractivity contribution in [2.45, 2.75) is 63.6 Å². The van der Waals surface area contributed by atoms with Gasteiger partial charge in [-0.3, -0.25) is 14.5 Å². The summed E-state index contributed by atoms with van der Waals surface area (Å²) in [7, 11) is 0. The minimum Gasteiger partial charge on any atom is -0.406 e. The van der Waals surface area contributed by atoms with E-state index in [1.54, 1.807) is 12.1 Å². The van der Waals surface area contributed by atoms with E-state index in [4.69, 9.17) is 10.5 Å². The Morgan fingerprint density at radius 1 is 1.17 bits per heavy atom. The first-order chi connectivity index (χ1) is 16.5. The fraction of sp³-hybridized carbons (Fsp3) is 0.680. The Balaban J connectivity index is 1.20. The maximum atomic E-state index is 13.2. The van der Waals surface area contributed by atoms with Crippen LogP contribution in [0.1, 0.15) is 50.6 Å². The molecule has 1 aromatic rings. The van der Waals surface area contributed by atoms with Crippen molar-refractivity contribution in [3.8, 4) is 5.75 Å². The fourth-order valence-electron chi connectivity index (χ4n) is 7.16. The molecule has 0 aromatic heterocycles. The third kappa shape index (κ3) is 4.87. The van der Waals surface area contributed by atoms with Crippen molar-refractivity contribution in [2.24, 2.45) is 28.9 Å². The Hall–Kier alpha value is -2.33. The van der Waals surface area contributed by atoms with Crippen LogP contribution in [0.3, 0.4) is 0 Å². The van der Waals surface area contributed by atoms with E-state index in [-0.39, 0.29) is 41.5 Å². The number of halogens is 3. The molecule has 0 radical (unpaired) electrons. The fourth-order valence-corrected chi connectivity index (χ4v) is 7.16. The Morgan fingerprint density at radius 2 is 1.83 bits per heavy atom. The maximum Gasteiger partial charge on any atom is 0.573 e. The van der Waals surface area contributed by atoms with Gasteiger partial charge < -0.3 is 20.5 Å². The van der Waals surface area contributed by atoms with Gasteiger partial charge in [-0.15, -0.1) is 13.2 Å². The number of rotatable bonds is 6. The molecular weight excluding hydrogens is 463 g/mol. The van der Waals surface area contributed by atoms with Crippen molar-refractivity contribution in [2.75, 3.05) is 19.7 Å².